The Balaban J connectivity index is 0.00000220. The van der Waals surface area contributed by atoms with Crippen molar-refractivity contribution in [3.63, 3.8) is 0 Å². The Bertz CT molecular complexity index is 471. The van der Waals surface area contributed by atoms with Crippen LogP contribution in [0.25, 0.3) is 0 Å². The number of halogens is 1. The number of fused-ring (bicyclic) bond motifs is 1. The molecule has 1 aromatic carbocycles. The molecule has 1 aliphatic heterocycles. The number of para-hydroxylation sites is 1. The summed E-state index contributed by atoms with van der Waals surface area (Å²) < 4.78 is 0. The first-order valence-electron chi connectivity index (χ1n) is 7.56. The molecule has 0 aromatic heterocycles. The lowest BCUT2D eigenvalue weighted by molar-refractivity contribution is 0.457. The van der Waals surface area contributed by atoms with Gasteiger partial charge in [-0.3, -0.25) is 4.99 Å². The van der Waals surface area contributed by atoms with Gasteiger partial charge in [-0.2, -0.15) is 0 Å². The minimum absolute atomic E-state index is 0. The van der Waals surface area contributed by atoms with Crippen molar-refractivity contribution in [1.29, 1.82) is 0 Å². The standard InChI is InChI=1S/C16H26N4.HI/c1-4-19(5-2)16(17)18-12-13(3)20-11-10-14-8-6-7-9-15(14)20;/h6-9,13H,4-5,10-12H2,1-3H3,(H2,17,18);1H. The Labute approximate surface area is 145 Å². The average Bonchev–Trinajstić information content (AvgIpc) is 2.90. The van der Waals surface area contributed by atoms with E-state index in [-0.39, 0.29) is 24.0 Å². The Kier molecular flexibility index (Phi) is 7.28. The maximum atomic E-state index is 6.04. The molecule has 5 heteroatoms. The first-order valence-corrected chi connectivity index (χ1v) is 7.56. The van der Waals surface area contributed by atoms with E-state index in [0.717, 1.165) is 32.6 Å². The van der Waals surface area contributed by atoms with Crippen molar-refractivity contribution in [2.45, 2.75) is 33.2 Å². The van der Waals surface area contributed by atoms with Crippen molar-refractivity contribution in [2.24, 2.45) is 10.7 Å². The molecule has 0 amide bonds. The minimum Gasteiger partial charge on any atom is -0.370 e. The van der Waals surface area contributed by atoms with E-state index in [1.54, 1.807) is 0 Å². The highest BCUT2D eigenvalue weighted by atomic mass is 127. The van der Waals surface area contributed by atoms with Gasteiger partial charge in [0, 0.05) is 31.4 Å². The molecule has 21 heavy (non-hydrogen) atoms. The Hall–Kier alpha value is -0.980. The monoisotopic (exact) mass is 402 g/mol. The van der Waals surface area contributed by atoms with Gasteiger partial charge in [0.25, 0.3) is 0 Å². The molecule has 0 aliphatic carbocycles. The molecule has 1 aliphatic rings. The van der Waals surface area contributed by atoms with Crippen LogP contribution in [0, 0.1) is 0 Å². The first kappa shape index (κ1) is 18.1. The number of aliphatic imine (C=N–C) groups is 1. The third-order valence-electron chi connectivity index (χ3n) is 4.06. The Morgan fingerprint density at radius 3 is 2.67 bits per heavy atom. The van der Waals surface area contributed by atoms with Crippen molar-refractivity contribution >= 4 is 35.6 Å². The molecule has 0 spiro atoms. The van der Waals surface area contributed by atoms with Crippen LogP contribution >= 0.6 is 24.0 Å². The summed E-state index contributed by atoms with van der Waals surface area (Å²) in [5.41, 5.74) is 8.84. The van der Waals surface area contributed by atoms with E-state index >= 15 is 0 Å². The highest BCUT2D eigenvalue weighted by Crippen LogP contribution is 2.29. The quantitative estimate of drug-likeness (QED) is 0.468. The van der Waals surface area contributed by atoms with E-state index in [1.165, 1.54) is 11.3 Å². The second kappa shape index (κ2) is 8.46. The van der Waals surface area contributed by atoms with Crippen molar-refractivity contribution in [3.05, 3.63) is 29.8 Å². The molecule has 118 valence electrons. The fourth-order valence-electron chi connectivity index (χ4n) is 2.79. The minimum atomic E-state index is 0. The lowest BCUT2D eigenvalue weighted by atomic mass is 10.2. The number of rotatable bonds is 5. The summed E-state index contributed by atoms with van der Waals surface area (Å²) in [6.07, 6.45) is 1.13. The summed E-state index contributed by atoms with van der Waals surface area (Å²) in [5.74, 6) is 0.661. The second-order valence-electron chi connectivity index (χ2n) is 5.29. The van der Waals surface area contributed by atoms with E-state index in [1.807, 2.05) is 0 Å². The topological polar surface area (TPSA) is 44.9 Å². The summed E-state index contributed by atoms with van der Waals surface area (Å²) in [6, 6.07) is 9.03. The predicted octanol–water partition coefficient (Wildman–Crippen LogP) is 2.71. The molecule has 2 N–H and O–H groups in total. The van der Waals surface area contributed by atoms with Crippen LogP contribution in [0.15, 0.2) is 29.3 Å². The molecule has 0 fully saturated rings. The van der Waals surface area contributed by atoms with Crippen molar-refractivity contribution in [3.8, 4) is 0 Å². The molecule has 1 aromatic rings. The van der Waals surface area contributed by atoms with Crippen LogP contribution in [0.4, 0.5) is 5.69 Å². The van der Waals surface area contributed by atoms with Crippen LogP contribution < -0.4 is 10.6 Å². The molecule has 0 saturated heterocycles. The zero-order chi connectivity index (χ0) is 14.5. The molecular formula is C16H27IN4. The van der Waals surface area contributed by atoms with Crippen LogP contribution in [0.1, 0.15) is 26.3 Å². The summed E-state index contributed by atoms with van der Waals surface area (Å²) in [7, 11) is 0. The van der Waals surface area contributed by atoms with Gasteiger partial charge in [0.05, 0.1) is 6.54 Å². The maximum absolute atomic E-state index is 6.04. The van der Waals surface area contributed by atoms with Gasteiger partial charge in [-0.25, -0.2) is 0 Å². The van der Waals surface area contributed by atoms with Crippen LogP contribution in [0.5, 0.6) is 0 Å². The van der Waals surface area contributed by atoms with Gasteiger partial charge in [0.2, 0.25) is 0 Å². The van der Waals surface area contributed by atoms with Gasteiger partial charge in [-0.1, -0.05) is 18.2 Å². The van der Waals surface area contributed by atoms with Crippen LogP contribution in [-0.2, 0) is 6.42 Å². The van der Waals surface area contributed by atoms with Crippen LogP contribution in [0.2, 0.25) is 0 Å². The van der Waals surface area contributed by atoms with Gasteiger partial charge in [0.15, 0.2) is 5.96 Å². The van der Waals surface area contributed by atoms with E-state index in [9.17, 15) is 0 Å². The molecule has 0 saturated carbocycles. The third kappa shape index (κ3) is 4.25. The zero-order valence-corrected chi connectivity index (χ0v) is 15.6. The summed E-state index contributed by atoms with van der Waals surface area (Å²) in [5, 5.41) is 0. The lowest BCUT2D eigenvalue weighted by Crippen LogP contribution is -2.39. The Morgan fingerprint density at radius 1 is 1.33 bits per heavy atom. The highest BCUT2D eigenvalue weighted by Gasteiger charge is 2.22. The van der Waals surface area contributed by atoms with Gasteiger partial charge in [0.1, 0.15) is 0 Å². The van der Waals surface area contributed by atoms with Gasteiger partial charge < -0.3 is 15.5 Å². The smallest absolute Gasteiger partial charge is 0.191 e. The molecular weight excluding hydrogens is 375 g/mol. The predicted molar refractivity (Wildman–Crippen MR) is 102 cm³/mol. The maximum Gasteiger partial charge on any atom is 0.191 e. The SMILES string of the molecule is CCN(CC)C(N)=NCC(C)N1CCc2ccccc21.I. The number of hydrogen-bond donors (Lipinski definition) is 1. The molecule has 4 nitrogen and oxygen atoms in total. The largest absolute Gasteiger partial charge is 0.370 e. The van der Waals surface area contributed by atoms with Crippen molar-refractivity contribution < 1.29 is 0 Å². The van der Waals surface area contributed by atoms with E-state index < -0.39 is 0 Å². The summed E-state index contributed by atoms with van der Waals surface area (Å²) in [4.78, 5) is 9.09. The van der Waals surface area contributed by atoms with E-state index in [0.29, 0.717) is 12.0 Å². The average molecular weight is 402 g/mol. The van der Waals surface area contributed by atoms with Crippen LogP contribution in [0.3, 0.4) is 0 Å². The number of nitrogens with zero attached hydrogens (tertiary/aromatic N) is 3. The number of benzene rings is 1. The molecule has 1 heterocycles. The van der Waals surface area contributed by atoms with Crippen molar-refractivity contribution in [2.75, 3.05) is 31.1 Å². The third-order valence-corrected chi connectivity index (χ3v) is 4.06. The first-order chi connectivity index (χ1) is 9.67. The number of anilines is 1. The lowest BCUT2D eigenvalue weighted by Gasteiger charge is -2.27. The van der Waals surface area contributed by atoms with Gasteiger partial charge >= 0.3 is 0 Å². The number of guanidine groups is 1. The van der Waals surface area contributed by atoms with E-state index in [2.05, 4.69) is 59.8 Å². The van der Waals surface area contributed by atoms with Gasteiger partial charge in [-0.05, 0) is 38.8 Å². The molecule has 0 bridgehead atoms. The number of hydrogen-bond acceptors (Lipinski definition) is 2. The zero-order valence-electron chi connectivity index (χ0n) is 13.2. The summed E-state index contributed by atoms with van der Waals surface area (Å²) >= 11 is 0. The Morgan fingerprint density at radius 2 is 2.00 bits per heavy atom. The van der Waals surface area contributed by atoms with Crippen LogP contribution in [-0.4, -0.2) is 43.1 Å². The van der Waals surface area contributed by atoms with Crippen molar-refractivity contribution in [1.82, 2.24) is 4.90 Å². The summed E-state index contributed by atoms with van der Waals surface area (Å²) in [6.45, 7) is 10.1. The second-order valence-corrected chi connectivity index (χ2v) is 5.29. The molecule has 2 rings (SSSR count). The fourth-order valence-corrected chi connectivity index (χ4v) is 2.79. The molecule has 1 unspecified atom stereocenters. The number of nitrogens with two attached hydrogens (primary N) is 1. The van der Waals surface area contributed by atoms with Gasteiger partial charge in [-0.15, -0.1) is 24.0 Å². The fraction of sp³-hybridized carbons (Fsp3) is 0.562. The molecule has 0 radical (unpaired) electrons. The molecule has 1 atom stereocenters. The highest BCUT2D eigenvalue weighted by molar-refractivity contribution is 14.0. The normalized spacial score (nSPS) is 15.4. The van der Waals surface area contributed by atoms with E-state index in [4.69, 9.17) is 5.73 Å².